The van der Waals surface area contributed by atoms with Crippen molar-refractivity contribution in [2.75, 3.05) is 12.3 Å². The Morgan fingerprint density at radius 3 is 2.65 bits per heavy atom. The second kappa shape index (κ2) is 5.87. The van der Waals surface area contributed by atoms with Gasteiger partial charge in [0, 0.05) is 17.9 Å². The Morgan fingerprint density at radius 1 is 1.45 bits per heavy atom. The lowest BCUT2D eigenvalue weighted by molar-refractivity contribution is -0.143. The Labute approximate surface area is 121 Å². The van der Waals surface area contributed by atoms with E-state index in [2.05, 4.69) is 10.5 Å². The van der Waals surface area contributed by atoms with Crippen molar-refractivity contribution in [3.8, 4) is 0 Å². The number of carbonyl (C=O) groups excluding carboxylic acids is 1. The summed E-state index contributed by atoms with van der Waals surface area (Å²) in [5.74, 6) is 0.798. The van der Waals surface area contributed by atoms with Crippen LogP contribution in [0.5, 0.6) is 0 Å². The maximum atomic E-state index is 11.7. The van der Waals surface area contributed by atoms with Crippen molar-refractivity contribution < 1.29 is 19.2 Å². The summed E-state index contributed by atoms with van der Waals surface area (Å²) in [7, 11) is 0. The molecule has 6 nitrogen and oxygen atoms in total. The number of aliphatic carboxylic acids is 1. The molecule has 2 N–H and O–H groups in total. The van der Waals surface area contributed by atoms with Gasteiger partial charge in [0.2, 0.25) is 5.91 Å². The van der Waals surface area contributed by atoms with Gasteiger partial charge < -0.3 is 14.9 Å². The van der Waals surface area contributed by atoms with E-state index in [0.717, 1.165) is 17.0 Å². The number of carboxylic acid groups (broad SMARTS) is 1. The van der Waals surface area contributed by atoms with Crippen LogP contribution in [0.1, 0.15) is 29.9 Å². The van der Waals surface area contributed by atoms with E-state index in [1.54, 1.807) is 0 Å². The lowest BCUT2D eigenvalue weighted by atomic mass is 10.1. The van der Waals surface area contributed by atoms with Gasteiger partial charge in [0.15, 0.2) is 0 Å². The minimum absolute atomic E-state index is 0.130. The average molecular weight is 298 g/mol. The molecular weight excluding hydrogens is 280 g/mol. The minimum atomic E-state index is -0.818. The van der Waals surface area contributed by atoms with Gasteiger partial charge in [0.25, 0.3) is 0 Å². The molecule has 0 saturated heterocycles. The Bertz CT molecular complexity index is 503. The Balaban J connectivity index is 1.70. The second-order valence-electron chi connectivity index (χ2n) is 5.16. The summed E-state index contributed by atoms with van der Waals surface area (Å²) in [4.78, 5) is 22.6. The Hall–Kier alpha value is -1.50. The summed E-state index contributed by atoms with van der Waals surface area (Å²) in [6.45, 7) is 3.95. The first-order valence-electron chi connectivity index (χ1n) is 6.44. The standard InChI is InChI=1S/C13H18N2O4S/c1-8-10(9(2)19-15-8)5-20-6-11(16)14-7-13(3-4-13)12(17)18/h3-7H2,1-2H3,(H,14,16)(H,17,18). The lowest BCUT2D eigenvalue weighted by Gasteiger charge is -2.10. The summed E-state index contributed by atoms with van der Waals surface area (Å²) in [5.41, 5.74) is 1.16. The van der Waals surface area contributed by atoms with Crippen LogP contribution in [0.4, 0.5) is 0 Å². The van der Waals surface area contributed by atoms with Crippen LogP contribution in [0.2, 0.25) is 0 Å². The molecule has 1 aliphatic carbocycles. The van der Waals surface area contributed by atoms with Gasteiger partial charge in [-0.15, -0.1) is 11.8 Å². The van der Waals surface area contributed by atoms with E-state index in [1.165, 1.54) is 11.8 Å². The van der Waals surface area contributed by atoms with E-state index in [1.807, 2.05) is 13.8 Å². The fourth-order valence-electron chi connectivity index (χ4n) is 1.89. The first kappa shape index (κ1) is 14.9. The minimum Gasteiger partial charge on any atom is -0.481 e. The van der Waals surface area contributed by atoms with Gasteiger partial charge in [-0.2, -0.15) is 0 Å². The molecule has 1 aliphatic rings. The highest BCUT2D eigenvalue weighted by molar-refractivity contribution is 7.99. The molecule has 1 fully saturated rings. The quantitative estimate of drug-likeness (QED) is 0.792. The number of carboxylic acids is 1. The first-order chi connectivity index (χ1) is 9.44. The van der Waals surface area contributed by atoms with Crippen LogP contribution in [-0.4, -0.2) is 34.4 Å². The van der Waals surface area contributed by atoms with Crippen molar-refractivity contribution in [1.82, 2.24) is 10.5 Å². The summed E-state index contributed by atoms with van der Waals surface area (Å²) < 4.78 is 5.05. The molecule has 1 aromatic rings. The number of aryl methyl sites for hydroxylation is 2. The third kappa shape index (κ3) is 3.33. The molecule has 1 heterocycles. The maximum absolute atomic E-state index is 11.7. The molecule has 1 saturated carbocycles. The highest BCUT2D eigenvalue weighted by Crippen LogP contribution is 2.45. The number of aromatic nitrogens is 1. The fourth-order valence-corrected chi connectivity index (χ4v) is 2.90. The number of amides is 1. The molecular formula is C13H18N2O4S. The molecule has 7 heteroatoms. The normalized spacial score (nSPS) is 15.9. The molecule has 2 rings (SSSR count). The highest BCUT2D eigenvalue weighted by atomic mass is 32.2. The zero-order chi connectivity index (χ0) is 14.8. The third-order valence-electron chi connectivity index (χ3n) is 3.59. The lowest BCUT2D eigenvalue weighted by Crippen LogP contribution is -2.35. The largest absolute Gasteiger partial charge is 0.481 e. The smallest absolute Gasteiger partial charge is 0.311 e. The van der Waals surface area contributed by atoms with Crippen LogP contribution >= 0.6 is 11.8 Å². The fraction of sp³-hybridized carbons (Fsp3) is 0.615. The van der Waals surface area contributed by atoms with Crippen LogP contribution in [0.25, 0.3) is 0 Å². The number of rotatable bonds is 7. The van der Waals surface area contributed by atoms with Gasteiger partial charge in [0.05, 0.1) is 16.9 Å². The predicted octanol–water partition coefficient (Wildman–Crippen LogP) is 1.51. The zero-order valence-corrected chi connectivity index (χ0v) is 12.4. The van der Waals surface area contributed by atoms with E-state index in [4.69, 9.17) is 9.63 Å². The number of nitrogens with zero attached hydrogens (tertiary/aromatic N) is 1. The number of hydrogen-bond donors (Lipinski definition) is 2. The highest BCUT2D eigenvalue weighted by Gasteiger charge is 2.50. The van der Waals surface area contributed by atoms with Gasteiger partial charge in [-0.3, -0.25) is 9.59 Å². The van der Waals surface area contributed by atoms with Gasteiger partial charge in [-0.05, 0) is 26.7 Å². The van der Waals surface area contributed by atoms with Crippen molar-refractivity contribution in [3.63, 3.8) is 0 Å². The molecule has 20 heavy (non-hydrogen) atoms. The van der Waals surface area contributed by atoms with Crippen molar-refractivity contribution in [1.29, 1.82) is 0 Å². The molecule has 0 atom stereocenters. The van der Waals surface area contributed by atoms with E-state index < -0.39 is 11.4 Å². The van der Waals surface area contributed by atoms with Crippen LogP contribution in [0.15, 0.2) is 4.52 Å². The van der Waals surface area contributed by atoms with E-state index in [-0.39, 0.29) is 12.5 Å². The Kier molecular flexibility index (Phi) is 4.37. The first-order valence-corrected chi connectivity index (χ1v) is 7.60. The third-order valence-corrected chi connectivity index (χ3v) is 4.55. The molecule has 1 amide bonds. The van der Waals surface area contributed by atoms with Crippen molar-refractivity contribution in [3.05, 3.63) is 17.0 Å². The number of thioether (sulfide) groups is 1. The molecule has 0 unspecified atom stereocenters. The number of hydrogen-bond acceptors (Lipinski definition) is 5. The number of carbonyl (C=O) groups is 2. The molecule has 0 aromatic carbocycles. The average Bonchev–Trinajstić information content (AvgIpc) is 3.13. The Morgan fingerprint density at radius 2 is 2.15 bits per heavy atom. The summed E-state index contributed by atoms with van der Waals surface area (Å²) >= 11 is 1.47. The van der Waals surface area contributed by atoms with Gasteiger partial charge >= 0.3 is 5.97 Å². The molecule has 0 bridgehead atoms. The predicted molar refractivity (Wildman–Crippen MR) is 74.5 cm³/mol. The summed E-state index contributed by atoms with van der Waals surface area (Å²) in [6, 6.07) is 0. The van der Waals surface area contributed by atoms with Crippen LogP contribution in [0, 0.1) is 19.3 Å². The monoisotopic (exact) mass is 298 g/mol. The van der Waals surface area contributed by atoms with Gasteiger partial charge in [-0.25, -0.2) is 0 Å². The topological polar surface area (TPSA) is 92.4 Å². The summed E-state index contributed by atoms with van der Waals surface area (Å²) in [6.07, 6.45) is 1.30. The van der Waals surface area contributed by atoms with Crippen molar-refractivity contribution in [2.24, 2.45) is 5.41 Å². The molecule has 110 valence electrons. The SMILES string of the molecule is Cc1noc(C)c1CSCC(=O)NCC1(C(=O)O)CC1. The summed E-state index contributed by atoms with van der Waals surface area (Å²) in [5, 5.41) is 15.6. The number of nitrogens with one attached hydrogen (secondary N) is 1. The second-order valence-corrected chi connectivity index (χ2v) is 6.14. The zero-order valence-electron chi connectivity index (χ0n) is 11.6. The van der Waals surface area contributed by atoms with E-state index >= 15 is 0 Å². The van der Waals surface area contributed by atoms with E-state index in [0.29, 0.717) is 24.3 Å². The van der Waals surface area contributed by atoms with Gasteiger partial charge in [-0.1, -0.05) is 5.16 Å². The van der Waals surface area contributed by atoms with Crippen LogP contribution in [-0.2, 0) is 15.3 Å². The molecule has 1 aromatic heterocycles. The van der Waals surface area contributed by atoms with E-state index in [9.17, 15) is 9.59 Å². The van der Waals surface area contributed by atoms with Crippen LogP contribution in [0.3, 0.4) is 0 Å². The van der Waals surface area contributed by atoms with Gasteiger partial charge in [0.1, 0.15) is 5.76 Å². The van der Waals surface area contributed by atoms with Crippen molar-refractivity contribution in [2.45, 2.75) is 32.4 Å². The molecule has 0 aliphatic heterocycles. The van der Waals surface area contributed by atoms with Crippen molar-refractivity contribution >= 4 is 23.6 Å². The molecule has 0 spiro atoms. The maximum Gasteiger partial charge on any atom is 0.311 e. The van der Waals surface area contributed by atoms with Crippen LogP contribution < -0.4 is 5.32 Å². The molecule has 0 radical (unpaired) electrons.